The van der Waals surface area contributed by atoms with Gasteiger partial charge in [-0.15, -0.1) is 0 Å². The summed E-state index contributed by atoms with van der Waals surface area (Å²) in [6.45, 7) is 3.48. The third-order valence-electron chi connectivity index (χ3n) is 5.41. The second-order valence-corrected chi connectivity index (χ2v) is 9.51. The van der Waals surface area contributed by atoms with E-state index in [9.17, 15) is 13.2 Å². The van der Waals surface area contributed by atoms with Gasteiger partial charge in [0, 0.05) is 31.6 Å². The lowest BCUT2D eigenvalue weighted by molar-refractivity contribution is -0.138. The molecule has 6 nitrogen and oxygen atoms in total. The summed E-state index contributed by atoms with van der Waals surface area (Å²) in [6.07, 6.45) is 4.65. The van der Waals surface area contributed by atoms with E-state index in [4.69, 9.17) is 4.74 Å². The Balaban J connectivity index is 1.58. The number of amides is 1. The largest absolute Gasteiger partial charge is 0.375 e. The topological polar surface area (TPSA) is 76.6 Å². The van der Waals surface area contributed by atoms with Crippen LogP contribution >= 0.6 is 0 Å². The molecule has 1 aromatic heterocycles. The van der Waals surface area contributed by atoms with Gasteiger partial charge in [0.2, 0.25) is 5.91 Å². The van der Waals surface area contributed by atoms with Gasteiger partial charge in [0.05, 0.1) is 24.7 Å². The SMILES string of the molecule is CCCCC(=O)N1CC2(C1)[C@@H](COCc1ccccn1)CCS2(=O)=O. The summed E-state index contributed by atoms with van der Waals surface area (Å²) in [5.41, 5.74) is 0.836. The Morgan fingerprint density at radius 3 is 2.88 bits per heavy atom. The fourth-order valence-electron chi connectivity index (χ4n) is 3.76. The van der Waals surface area contributed by atoms with Crippen molar-refractivity contribution in [2.24, 2.45) is 5.92 Å². The zero-order valence-electron chi connectivity index (χ0n) is 14.7. The summed E-state index contributed by atoms with van der Waals surface area (Å²) < 4.78 is 30.1. The molecule has 0 unspecified atom stereocenters. The third kappa shape index (κ3) is 3.58. The number of hydrogen-bond donors (Lipinski definition) is 0. The lowest BCUT2D eigenvalue weighted by atomic mass is 9.83. The summed E-state index contributed by atoms with van der Waals surface area (Å²) in [5.74, 6) is 0.223. The van der Waals surface area contributed by atoms with Gasteiger partial charge in [-0.3, -0.25) is 9.78 Å². The van der Waals surface area contributed by atoms with E-state index in [1.807, 2.05) is 25.1 Å². The van der Waals surface area contributed by atoms with E-state index in [0.29, 0.717) is 39.1 Å². The number of aromatic nitrogens is 1. The van der Waals surface area contributed by atoms with Crippen LogP contribution in [-0.2, 0) is 26.0 Å². The van der Waals surface area contributed by atoms with E-state index < -0.39 is 14.6 Å². The lowest BCUT2D eigenvalue weighted by Gasteiger charge is -2.50. The first-order chi connectivity index (χ1) is 12.0. The van der Waals surface area contributed by atoms with E-state index >= 15 is 0 Å². The van der Waals surface area contributed by atoms with Gasteiger partial charge in [-0.05, 0) is 25.0 Å². The normalized spacial score (nSPS) is 23.6. The van der Waals surface area contributed by atoms with Crippen LogP contribution in [-0.4, -0.2) is 54.4 Å². The van der Waals surface area contributed by atoms with Crippen LogP contribution in [0.3, 0.4) is 0 Å². The van der Waals surface area contributed by atoms with Gasteiger partial charge in [0.15, 0.2) is 9.84 Å². The van der Waals surface area contributed by atoms with Crippen molar-refractivity contribution in [1.82, 2.24) is 9.88 Å². The average Bonchev–Trinajstić information content (AvgIpc) is 2.83. The zero-order chi connectivity index (χ0) is 17.9. The summed E-state index contributed by atoms with van der Waals surface area (Å²) in [7, 11) is -3.17. The highest BCUT2D eigenvalue weighted by Crippen LogP contribution is 2.45. The molecule has 0 radical (unpaired) electrons. The molecule has 7 heteroatoms. The van der Waals surface area contributed by atoms with Crippen LogP contribution in [0.4, 0.5) is 0 Å². The van der Waals surface area contributed by atoms with Crippen LogP contribution in [0.25, 0.3) is 0 Å². The molecule has 0 N–H and O–H groups in total. The van der Waals surface area contributed by atoms with Gasteiger partial charge in [0.25, 0.3) is 0 Å². The number of carbonyl (C=O) groups excluding carboxylic acids is 1. The van der Waals surface area contributed by atoms with Crippen molar-refractivity contribution in [3.63, 3.8) is 0 Å². The van der Waals surface area contributed by atoms with Crippen molar-refractivity contribution in [3.05, 3.63) is 30.1 Å². The van der Waals surface area contributed by atoms with E-state index in [2.05, 4.69) is 4.98 Å². The van der Waals surface area contributed by atoms with Crippen LogP contribution < -0.4 is 0 Å². The minimum absolute atomic E-state index is 0.0450. The monoisotopic (exact) mass is 366 g/mol. The summed E-state index contributed by atoms with van der Waals surface area (Å²) in [6, 6.07) is 5.64. The molecule has 0 aliphatic carbocycles. The van der Waals surface area contributed by atoms with Crippen molar-refractivity contribution in [2.45, 2.75) is 44.0 Å². The van der Waals surface area contributed by atoms with Crippen molar-refractivity contribution >= 4 is 15.7 Å². The summed E-state index contributed by atoms with van der Waals surface area (Å²) in [5, 5.41) is 0. The molecule has 1 aromatic rings. The van der Waals surface area contributed by atoms with Crippen molar-refractivity contribution in [2.75, 3.05) is 25.4 Å². The van der Waals surface area contributed by atoms with Crippen LogP contribution in [0.5, 0.6) is 0 Å². The first-order valence-corrected chi connectivity index (χ1v) is 10.6. The average molecular weight is 366 g/mol. The second kappa shape index (κ2) is 7.41. The molecule has 1 amide bonds. The molecule has 2 saturated heterocycles. The number of unbranched alkanes of at least 4 members (excludes halogenated alkanes) is 1. The Morgan fingerprint density at radius 1 is 1.40 bits per heavy atom. The highest BCUT2D eigenvalue weighted by atomic mass is 32.2. The fourth-order valence-corrected chi connectivity index (χ4v) is 6.16. The van der Waals surface area contributed by atoms with Gasteiger partial charge in [-0.25, -0.2) is 8.42 Å². The summed E-state index contributed by atoms with van der Waals surface area (Å²) in [4.78, 5) is 18.0. The van der Waals surface area contributed by atoms with E-state index in [0.717, 1.165) is 18.5 Å². The number of hydrogen-bond acceptors (Lipinski definition) is 5. The molecule has 2 aliphatic rings. The minimum atomic E-state index is -3.17. The molecule has 1 spiro atoms. The Bertz CT molecular complexity index is 699. The Morgan fingerprint density at radius 2 is 2.20 bits per heavy atom. The molecule has 138 valence electrons. The van der Waals surface area contributed by atoms with Gasteiger partial charge in [-0.1, -0.05) is 19.4 Å². The maximum Gasteiger partial charge on any atom is 0.222 e. The lowest BCUT2D eigenvalue weighted by Crippen LogP contribution is -2.68. The first kappa shape index (κ1) is 18.3. The molecule has 0 aromatic carbocycles. The number of likely N-dealkylation sites (tertiary alicyclic amines) is 1. The van der Waals surface area contributed by atoms with Gasteiger partial charge < -0.3 is 9.64 Å². The fraction of sp³-hybridized carbons (Fsp3) is 0.667. The number of carbonyl (C=O) groups is 1. The van der Waals surface area contributed by atoms with Gasteiger partial charge >= 0.3 is 0 Å². The highest BCUT2D eigenvalue weighted by Gasteiger charge is 2.62. The van der Waals surface area contributed by atoms with Crippen LogP contribution in [0.1, 0.15) is 38.3 Å². The molecule has 2 fully saturated rings. The van der Waals surface area contributed by atoms with Gasteiger partial charge in [0.1, 0.15) is 4.75 Å². The van der Waals surface area contributed by atoms with E-state index in [1.54, 1.807) is 11.1 Å². The predicted octanol–water partition coefficient (Wildman–Crippen LogP) is 1.80. The predicted molar refractivity (Wildman–Crippen MR) is 94.6 cm³/mol. The second-order valence-electron chi connectivity index (χ2n) is 7.06. The van der Waals surface area contributed by atoms with E-state index in [1.165, 1.54) is 0 Å². The molecule has 3 heterocycles. The zero-order valence-corrected chi connectivity index (χ0v) is 15.5. The van der Waals surface area contributed by atoms with E-state index in [-0.39, 0.29) is 17.6 Å². The smallest absolute Gasteiger partial charge is 0.222 e. The number of ether oxygens (including phenoxy) is 1. The maximum atomic E-state index is 12.6. The van der Waals surface area contributed by atoms with Crippen LogP contribution in [0, 0.1) is 5.92 Å². The van der Waals surface area contributed by atoms with Crippen LogP contribution in [0.15, 0.2) is 24.4 Å². The van der Waals surface area contributed by atoms with Crippen LogP contribution in [0.2, 0.25) is 0 Å². The van der Waals surface area contributed by atoms with Gasteiger partial charge in [-0.2, -0.15) is 0 Å². The first-order valence-electron chi connectivity index (χ1n) is 8.96. The molecular weight excluding hydrogens is 340 g/mol. The number of nitrogens with zero attached hydrogens (tertiary/aromatic N) is 2. The molecule has 1 atom stereocenters. The van der Waals surface area contributed by atoms with Crippen molar-refractivity contribution < 1.29 is 17.9 Å². The quantitative estimate of drug-likeness (QED) is 0.735. The van der Waals surface area contributed by atoms with Crippen molar-refractivity contribution in [3.8, 4) is 0 Å². The standard InChI is InChI=1S/C18H26N2O4S/c1-2-3-7-17(21)20-13-18(14-20)15(8-10-25(18,22)23)11-24-12-16-6-4-5-9-19-16/h4-6,9,15H,2-3,7-8,10-14H2,1H3/t15-/m1/s1. The highest BCUT2D eigenvalue weighted by molar-refractivity contribution is 7.93. The Labute approximate surface area is 149 Å². The number of rotatable bonds is 7. The minimum Gasteiger partial charge on any atom is -0.375 e. The van der Waals surface area contributed by atoms with Crippen molar-refractivity contribution in [1.29, 1.82) is 0 Å². The Kier molecular flexibility index (Phi) is 5.43. The molecular formula is C18H26N2O4S. The Hall–Kier alpha value is -1.47. The number of pyridine rings is 1. The molecule has 2 aliphatic heterocycles. The summed E-state index contributed by atoms with van der Waals surface area (Å²) >= 11 is 0. The number of sulfone groups is 1. The molecule has 25 heavy (non-hydrogen) atoms. The maximum absolute atomic E-state index is 12.6. The molecule has 3 rings (SSSR count). The molecule has 0 saturated carbocycles. The molecule has 0 bridgehead atoms. The third-order valence-corrected chi connectivity index (χ3v) is 8.01.